The molecule has 0 unspecified atom stereocenters. The number of para-hydroxylation sites is 10. The summed E-state index contributed by atoms with van der Waals surface area (Å²) in [6.45, 7) is 0. The van der Waals surface area contributed by atoms with Crippen molar-refractivity contribution in [2.75, 3.05) is 0 Å². The Kier molecular flexibility index (Phi) is 18.8. The maximum Gasteiger partial charge on any atom is 0.145 e. The second kappa shape index (κ2) is 33.4. The number of hydrogen-bond acceptors (Lipinski definition) is 3. The molecule has 0 aliphatic rings. The van der Waals surface area contributed by atoms with Crippen LogP contribution in [0.5, 0.6) is 0 Å². The quantitative estimate of drug-likeness (QED) is 0.129. The van der Waals surface area contributed by atoms with Crippen LogP contribution in [0.4, 0.5) is 0 Å². The molecule has 12 heterocycles. The van der Waals surface area contributed by atoms with Gasteiger partial charge in [0.1, 0.15) is 11.3 Å². The van der Waals surface area contributed by atoms with E-state index in [1.165, 1.54) is 186 Å². The van der Waals surface area contributed by atoms with Crippen LogP contribution >= 0.6 is 0 Å². The van der Waals surface area contributed by atoms with Crippen molar-refractivity contribution in [3.63, 3.8) is 0 Å². The van der Waals surface area contributed by atoms with Crippen LogP contribution in [0.1, 0.15) is 0 Å². The average molecular weight is 1880 g/mol. The van der Waals surface area contributed by atoms with Crippen LogP contribution in [-0.2, 0) is 0 Å². The van der Waals surface area contributed by atoms with E-state index in [2.05, 4.69) is 531 Å². The van der Waals surface area contributed by atoms with Gasteiger partial charge in [0, 0.05) is 167 Å². The van der Waals surface area contributed by atoms with Gasteiger partial charge in [-0.3, -0.25) is 14.1 Å². The van der Waals surface area contributed by atoms with Crippen molar-refractivity contribution in [2.45, 2.75) is 0 Å². The molecule has 686 valence electrons. The van der Waals surface area contributed by atoms with Crippen LogP contribution in [0.2, 0.25) is 0 Å². The lowest BCUT2D eigenvalue weighted by atomic mass is 10.1. The molecule has 0 aliphatic heterocycles. The van der Waals surface area contributed by atoms with Gasteiger partial charge in [-0.05, 0) is 241 Å². The number of benzene rings is 20. The Morgan fingerprint density at radius 2 is 0.361 bits per heavy atom. The van der Waals surface area contributed by atoms with E-state index in [0.717, 1.165) is 84.1 Å². The third-order valence-electron chi connectivity index (χ3n) is 30.3. The maximum absolute atomic E-state index is 4.85. The van der Waals surface area contributed by atoms with Gasteiger partial charge in [0.25, 0.3) is 0 Å². The highest BCUT2D eigenvalue weighted by atomic mass is 15.1. The molecule has 0 aliphatic carbocycles. The minimum absolute atomic E-state index is 0.962. The largest absolute Gasteiger partial charge is 0.309 e. The molecule has 12 aromatic heterocycles. The van der Waals surface area contributed by atoms with Gasteiger partial charge in [-0.15, -0.1) is 0 Å². The summed E-state index contributed by atoms with van der Waals surface area (Å²) >= 11 is 0. The Hall–Kier alpha value is -20.0. The monoisotopic (exact) mass is 1870 g/mol. The zero-order valence-electron chi connectivity index (χ0n) is 79.5. The summed E-state index contributed by atoms with van der Waals surface area (Å²) in [6, 6.07) is 179. The van der Waals surface area contributed by atoms with Crippen molar-refractivity contribution in [3.8, 4) is 73.4 Å². The van der Waals surface area contributed by atoms with E-state index < -0.39 is 0 Å². The summed E-state index contributed by atoms with van der Waals surface area (Å²) in [7, 11) is 0. The minimum atomic E-state index is 0.962. The maximum atomic E-state index is 4.85. The fourth-order valence-corrected chi connectivity index (χ4v) is 24.1. The molecule has 147 heavy (non-hydrogen) atoms. The molecule has 0 spiro atoms. The normalized spacial score (nSPS) is 11.9. The fourth-order valence-electron chi connectivity index (χ4n) is 24.1. The van der Waals surface area contributed by atoms with Gasteiger partial charge >= 0.3 is 0 Å². The van der Waals surface area contributed by atoms with Crippen molar-refractivity contribution < 1.29 is 0 Å². The van der Waals surface area contributed by atoms with E-state index >= 15 is 0 Å². The molecule has 0 N–H and O–H groups in total. The lowest BCUT2D eigenvalue weighted by Crippen LogP contribution is -1.99. The summed E-state index contributed by atoms with van der Waals surface area (Å²) in [5.74, 6) is 0. The molecule has 0 fully saturated rings. The van der Waals surface area contributed by atoms with E-state index in [4.69, 9.17) is 9.97 Å². The smallest absolute Gasteiger partial charge is 0.145 e. The predicted molar refractivity (Wildman–Crippen MR) is 613 cm³/mol. The highest BCUT2D eigenvalue weighted by molar-refractivity contribution is 6.31. The lowest BCUT2D eigenvalue weighted by molar-refractivity contribution is 1.11. The molecule has 0 atom stereocenters. The standard InChI is InChI=1S/2C47H30N4.C41H26N4/c1-2-12-31(13-3-1)32-23-25-33(26-24-32)49-41-21-8-5-17-38(41)45-43(49)27-28-44-46(45)39-18-6-9-22-42(39)50(44)34-14-10-15-35(30-34)51-40-20-7-4-16-36(40)37-19-11-29-48-47(37)51;1-2-11-31(12-3-1)32-21-23-33(24-22-32)49-41-19-8-5-16-38(41)46-43(49)25-26-44-47(46)39-17-6-9-20-42(39)50(44)34-13-10-14-35(29-34)51-40-18-7-4-15-36(40)37-27-28-48-30-45(37)51;1-3-12-27(13-4-1)43-36-19-9-7-16-30(36)34-26-40-35(25-39(34)43)31-17-8-10-20-37(31)44(40)29-21-22-38-33(24-29)32-18-11-23-42-41(32)45(38)28-14-5-2-6-15-28/h2*1-30H;1-26H. The summed E-state index contributed by atoms with van der Waals surface area (Å²) < 4.78 is 21.4. The SMILES string of the molecule is c1ccc(-c2ccc(-n3c4ccccc4c4c5c6ccccc6n(-c6cccc(-n7c8ccccc8c8cccnc87)c6)c5ccc43)cc2)cc1.c1ccc(-c2ccc(-n3c4ccccc4c4c5c6ccccc6n(-c6cccc(-n7c8ccccc8c8ccncc87)c6)c5ccc43)cc2)cc1.c1ccc(-n2c3ccccc3c3cc4c(cc32)c2ccccc2n4-c2ccc3c(c2)c2cccnc2n3-c2ccccc2)cc1. The third-order valence-corrected chi connectivity index (χ3v) is 30.3. The number of rotatable bonds is 11. The van der Waals surface area contributed by atoms with Gasteiger partial charge in [0.05, 0.1) is 94.5 Å². The Labute approximate surface area is 842 Å². The topological polar surface area (TPSA) is 83.0 Å². The summed E-state index contributed by atoms with van der Waals surface area (Å²) in [4.78, 5) is 14.2. The molecular weight excluding hydrogens is 1790 g/mol. The van der Waals surface area contributed by atoms with Crippen LogP contribution in [-0.4, -0.2) is 56.1 Å². The van der Waals surface area contributed by atoms with Crippen molar-refractivity contribution in [1.29, 1.82) is 0 Å². The highest BCUT2D eigenvalue weighted by Crippen LogP contribution is 2.49. The summed E-state index contributed by atoms with van der Waals surface area (Å²) in [6.07, 6.45) is 7.62. The van der Waals surface area contributed by atoms with Gasteiger partial charge in [-0.2, -0.15) is 0 Å². The molecule has 0 bridgehead atoms. The van der Waals surface area contributed by atoms with Gasteiger partial charge in [-0.1, -0.05) is 279 Å². The van der Waals surface area contributed by atoms with Crippen molar-refractivity contribution in [1.82, 2.24) is 56.1 Å². The molecule has 20 aromatic carbocycles. The third kappa shape index (κ3) is 12.9. The average Bonchev–Trinajstić information content (AvgIpc) is 1.55. The van der Waals surface area contributed by atoms with Gasteiger partial charge < -0.3 is 32.0 Å². The van der Waals surface area contributed by atoms with E-state index in [-0.39, 0.29) is 0 Å². The van der Waals surface area contributed by atoms with Crippen LogP contribution in [0.15, 0.2) is 522 Å². The number of pyridine rings is 3. The lowest BCUT2D eigenvalue weighted by Gasteiger charge is -2.13. The molecular formula is C135H86N12. The van der Waals surface area contributed by atoms with E-state index in [0.29, 0.717) is 0 Å². The molecule has 0 radical (unpaired) electrons. The first-order chi connectivity index (χ1) is 73.0. The molecule has 12 nitrogen and oxygen atoms in total. The number of fused-ring (bicyclic) bond motifs is 29. The second-order valence-corrected chi connectivity index (χ2v) is 38.1. The molecule has 0 amide bonds. The van der Waals surface area contributed by atoms with Crippen LogP contribution in [0.25, 0.3) is 270 Å². The Morgan fingerprint density at radius 3 is 0.776 bits per heavy atom. The highest BCUT2D eigenvalue weighted by Gasteiger charge is 2.28. The van der Waals surface area contributed by atoms with Gasteiger partial charge in [-0.25, -0.2) is 9.97 Å². The van der Waals surface area contributed by atoms with Crippen molar-refractivity contribution >= 4 is 197 Å². The van der Waals surface area contributed by atoms with Crippen molar-refractivity contribution in [2.24, 2.45) is 0 Å². The van der Waals surface area contributed by atoms with Crippen LogP contribution in [0.3, 0.4) is 0 Å². The van der Waals surface area contributed by atoms with Gasteiger partial charge in [0.15, 0.2) is 0 Å². The number of hydrogen-bond donors (Lipinski definition) is 0. The summed E-state index contributed by atoms with van der Waals surface area (Å²) in [5, 5.41) is 22.2. The first-order valence-electron chi connectivity index (χ1n) is 50.1. The van der Waals surface area contributed by atoms with Crippen LogP contribution < -0.4 is 0 Å². The van der Waals surface area contributed by atoms with E-state index in [9.17, 15) is 0 Å². The molecule has 12 heteroatoms. The van der Waals surface area contributed by atoms with Gasteiger partial charge in [0.2, 0.25) is 0 Å². The van der Waals surface area contributed by atoms with E-state index in [1.54, 1.807) is 0 Å². The molecule has 0 saturated heterocycles. The van der Waals surface area contributed by atoms with Crippen molar-refractivity contribution in [3.05, 3.63) is 522 Å². The molecule has 32 aromatic rings. The minimum Gasteiger partial charge on any atom is -0.309 e. The molecule has 32 rings (SSSR count). The Bertz CT molecular complexity index is 10400. The molecule has 0 saturated carbocycles. The van der Waals surface area contributed by atoms with Crippen LogP contribution in [0, 0.1) is 0 Å². The summed E-state index contributed by atoms with van der Waals surface area (Å²) in [5.41, 5.74) is 35.9. The number of aromatic nitrogens is 12. The van der Waals surface area contributed by atoms with E-state index in [1.807, 2.05) is 36.9 Å². The Morgan fingerprint density at radius 1 is 0.122 bits per heavy atom. The zero-order valence-corrected chi connectivity index (χ0v) is 79.5. The first kappa shape index (κ1) is 82.9. The predicted octanol–water partition coefficient (Wildman–Crippen LogP) is 34.5. The number of nitrogens with zero attached hydrogens (tertiary/aromatic N) is 12. The Balaban J connectivity index is 0.000000102. The fraction of sp³-hybridized carbons (Fsp3) is 0. The first-order valence-corrected chi connectivity index (χ1v) is 50.1. The zero-order chi connectivity index (χ0) is 96.4. The second-order valence-electron chi connectivity index (χ2n) is 38.1.